The molecule has 2 aromatic carbocycles. The first-order valence-electron chi connectivity index (χ1n) is 21.5. The Kier molecular flexibility index (Phi) is 14.0. The molecule has 0 radical (unpaired) electrons. The van der Waals surface area contributed by atoms with E-state index in [1.165, 1.54) is 74.1 Å². The van der Waals surface area contributed by atoms with Crippen molar-refractivity contribution < 1.29 is 55.3 Å². The standard InChI is InChI=1S/C27H28F3N5O4.C21H18F3N5O2/c1-26(2,3)39-25(37)35(14-27(12-15(28)13-27)23-18(30)6-5-11-32-23)20-10-9-19(33-34-20)21-17(29)8-7-16(24(31)36)22(21)38-4;1-29(21(9-11(22)10-21)19-14(24)3-2-8-26-19)16-7-6-15(27-28-16)17-13(23)5-4-12(18(17)30)20(25)31/h5-11,15H,12-14H2,1-4H3,(H2,31,36);2-8,11,30H,9-10H2,1H3,(H2,25,31). The van der Waals surface area contributed by atoms with Crippen LogP contribution in [0.3, 0.4) is 0 Å². The molecule has 6 aromatic rings. The van der Waals surface area contributed by atoms with Crippen LogP contribution in [0, 0.1) is 23.3 Å². The van der Waals surface area contributed by atoms with E-state index in [0.717, 1.165) is 23.1 Å². The van der Waals surface area contributed by atoms with E-state index in [0.29, 0.717) is 0 Å². The Labute approximate surface area is 396 Å². The molecule has 3 amide bonds. The fourth-order valence-electron chi connectivity index (χ4n) is 8.52. The molecule has 2 aliphatic carbocycles. The van der Waals surface area contributed by atoms with E-state index in [2.05, 4.69) is 30.4 Å². The summed E-state index contributed by atoms with van der Waals surface area (Å²) < 4.78 is 97.2. The minimum atomic E-state index is -1.20. The van der Waals surface area contributed by atoms with Gasteiger partial charge < -0.3 is 30.9 Å². The van der Waals surface area contributed by atoms with E-state index in [-0.39, 0.29) is 94.6 Å². The molecule has 22 heteroatoms. The van der Waals surface area contributed by atoms with E-state index in [1.54, 1.807) is 32.7 Å². The second kappa shape index (κ2) is 19.6. The molecule has 5 N–H and O–H groups in total. The Hall–Kier alpha value is -7.91. The molecule has 2 aliphatic rings. The van der Waals surface area contributed by atoms with Crippen LogP contribution in [0.5, 0.6) is 11.5 Å². The molecule has 4 aromatic heterocycles. The number of aromatic nitrogens is 6. The summed E-state index contributed by atoms with van der Waals surface area (Å²) in [7, 11) is 2.87. The summed E-state index contributed by atoms with van der Waals surface area (Å²) in [5.74, 6) is -4.98. The lowest BCUT2D eigenvalue weighted by Crippen LogP contribution is -2.56. The number of amides is 3. The van der Waals surface area contributed by atoms with Gasteiger partial charge in [-0.15, -0.1) is 20.4 Å². The number of primary amides is 2. The molecule has 4 heterocycles. The van der Waals surface area contributed by atoms with Crippen molar-refractivity contribution in [3.8, 4) is 34.0 Å². The third-order valence-corrected chi connectivity index (χ3v) is 11.9. The minimum absolute atomic E-state index is 0.00158. The zero-order valence-electron chi connectivity index (χ0n) is 38.3. The lowest BCUT2D eigenvalue weighted by atomic mass is 9.64. The number of benzene rings is 2. The van der Waals surface area contributed by atoms with E-state index in [4.69, 9.17) is 20.9 Å². The number of alkyl halides is 2. The van der Waals surface area contributed by atoms with Gasteiger partial charge in [-0.1, -0.05) is 0 Å². The van der Waals surface area contributed by atoms with Crippen molar-refractivity contribution in [2.75, 3.05) is 30.5 Å². The predicted octanol–water partition coefficient (Wildman–Crippen LogP) is 7.82. The topological polar surface area (TPSA) is 226 Å². The lowest BCUT2D eigenvalue weighted by molar-refractivity contribution is 0.0506. The van der Waals surface area contributed by atoms with Crippen LogP contribution in [0.15, 0.2) is 85.2 Å². The summed E-state index contributed by atoms with van der Waals surface area (Å²) in [6, 6.07) is 15.3. The maximum absolute atomic E-state index is 14.8. The summed E-state index contributed by atoms with van der Waals surface area (Å²) in [5.41, 5.74) is 6.83. The van der Waals surface area contributed by atoms with Crippen molar-refractivity contribution in [1.29, 1.82) is 0 Å². The number of methoxy groups -OCH3 is 1. The maximum atomic E-state index is 14.8. The van der Waals surface area contributed by atoms with Crippen LogP contribution in [0.25, 0.3) is 22.5 Å². The zero-order chi connectivity index (χ0) is 50.9. The number of carbonyl (C=O) groups is 3. The second-order valence-electron chi connectivity index (χ2n) is 17.7. The molecule has 8 rings (SSSR count). The zero-order valence-corrected chi connectivity index (χ0v) is 38.3. The largest absolute Gasteiger partial charge is 0.506 e. The third kappa shape index (κ3) is 9.83. The molecular formula is C48H46F6N10O6. The van der Waals surface area contributed by atoms with Crippen molar-refractivity contribution in [3.63, 3.8) is 0 Å². The molecule has 0 atom stereocenters. The first-order valence-corrected chi connectivity index (χ1v) is 21.5. The average molecular weight is 973 g/mol. The number of halogens is 6. The van der Waals surface area contributed by atoms with E-state index < -0.39 is 75.8 Å². The van der Waals surface area contributed by atoms with E-state index >= 15 is 0 Å². The highest BCUT2D eigenvalue weighted by atomic mass is 19.2. The molecule has 2 saturated carbocycles. The van der Waals surface area contributed by atoms with Crippen molar-refractivity contribution >= 4 is 29.5 Å². The summed E-state index contributed by atoms with van der Waals surface area (Å²) in [6.07, 6.45) is -0.365. The third-order valence-electron chi connectivity index (χ3n) is 11.9. The number of phenols is 1. The monoisotopic (exact) mass is 972 g/mol. The van der Waals surface area contributed by atoms with Crippen LogP contribution in [-0.2, 0) is 15.7 Å². The fraction of sp³-hybridized carbons (Fsp3) is 0.312. The Morgan fingerprint density at radius 3 is 1.70 bits per heavy atom. The molecular weight excluding hydrogens is 927 g/mol. The van der Waals surface area contributed by atoms with Gasteiger partial charge in [0.25, 0.3) is 11.8 Å². The maximum Gasteiger partial charge on any atom is 0.416 e. The van der Waals surface area contributed by atoms with Gasteiger partial charge in [-0.2, -0.15) is 0 Å². The first kappa shape index (κ1) is 50.0. The van der Waals surface area contributed by atoms with Crippen molar-refractivity contribution in [2.45, 2.75) is 75.4 Å². The van der Waals surface area contributed by atoms with Gasteiger partial charge in [-0.3, -0.25) is 24.5 Å². The van der Waals surface area contributed by atoms with Crippen molar-refractivity contribution in [2.24, 2.45) is 11.5 Å². The average Bonchev–Trinajstić information content (AvgIpc) is 3.28. The highest BCUT2D eigenvalue weighted by Crippen LogP contribution is 2.49. The predicted molar refractivity (Wildman–Crippen MR) is 242 cm³/mol. The van der Waals surface area contributed by atoms with Gasteiger partial charge in [0.05, 0.1) is 52.0 Å². The number of pyridine rings is 2. The van der Waals surface area contributed by atoms with Crippen LogP contribution in [0.4, 0.5) is 42.8 Å². The number of carbonyl (C=O) groups excluding carboxylic acids is 3. The van der Waals surface area contributed by atoms with Gasteiger partial charge in [-0.05, 0) is 106 Å². The summed E-state index contributed by atoms with van der Waals surface area (Å²) >= 11 is 0. The number of nitrogens with zero attached hydrogens (tertiary/aromatic N) is 8. The van der Waals surface area contributed by atoms with Crippen LogP contribution in [0.1, 0.15) is 78.6 Å². The number of nitrogens with two attached hydrogens (primary N) is 2. The quantitative estimate of drug-likeness (QED) is 0.0996. The molecule has 70 heavy (non-hydrogen) atoms. The number of rotatable bonds is 12. The highest BCUT2D eigenvalue weighted by molar-refractivity contribution is 5.99. The number of ether oxygens (including phenoxy) is 2. The van der Waals surface area contributed by atoms with Crippen molar-refractivity contribution in [3.05, 3.63) is 131 Å². The van der Waals surface area contributed by atoms with Crippen LogP contribution < -0.4 is 26.0 Å². The molecule has 0 bridgehead atoms. The Morgan fingerprint density at radius 2 is 1.21 bits per heavy atom. The van der Waals surface area contributed by atoms with Gasteiger partial charge in [0, 0.05) is 44.2 Å². The smallest absolute Gasteiger partial charge is 0.416 e. The van der Waals surface area contributed by atoms with Gasteiger partial charge in [0.1, 0.15) is 58.4 Å². The molecule has 366 valence electrons. The van der Waals surface area contributed by atoms with E-state index in [1.807, 2.05) is 0 Å². The van der Waals surface area contributed by atoms with E-state index in [9.17, 15) is 45.8 Å². The molecule has 0 unspecified atom stereocenters. The molecule has 2 fully saturated rings. The molecule has 0 aliphatic heterocycles. The molecule has 0 spiro atoms. The van der Waals surface area contributed by atoms with Gasteiger partial charge in [0.15, 0.2) is 11.6 Å². The normalized spacial score (nSPS) is 19.4. The van der Waals surface area contributed by atoms with Crippen molar-refractivity contribution in [1.82, 2.24) is 30.4 Å². The van der Waals surface area contributed by atoms with Gasteiger partial charge >= 0.3 is 6.09 Å². The Bertz CT molecular complexity index is 2930. The summed E-state index contributed by atoms with van der Waals surface area (Å²) in [5, 5.41) is 26.4. The first-order chi connectivity index (χ1) is 33.1. The van der Waals surface area contributed by atoms with Crippen LogP contribution in [0.2, 0.25) is 0 Å². The second-order valence-corrected chi connectivity index (χ2v) is 17.7. The summed E-state index contributed by atoms with van der Waals surface area (Å²) in [4.78, 5) is 47.5. The summed E-state index contributed by atoms with van der Waals surface area (Å²) in [6.45, 7) is 4.83. The Balaban J connectivity index is 0.000000212. The number of hydrogen-bond acceptors (Lipinski definition) is 13. The number of anilines is 2. The van der Waals surface area contributed by atoms with Gasteiger partial charge in [0.2, 0.25) is 0 Å². The fourth-order valence-corrected chi connectivity index (χ4v) is 8.52. The molecule has 16 nitrogen and oxygen atoms in total. The van der Waals surface area contributed by atoms with Crippen LogP contribution in [-0.4, -0.2) is 92.0 Å². The number of hydrogen-bond donors (Lipinski definition) is 3. The highest BCUT2D eigenvalue weighted by Gasteiger charge is 2.53. The Morgan fingerprint density at radius 1 is 0.700 bits per heavy atom. The SMILES string of the molecule is CN(c1ccc(-c2c(F)ccc(C(N)=O)c2O)nn1)C1(c2ncccc2F)CC(F)C1.COc1c(C(N)=O)ccc(F)c1-c1ccc(N(CC2(c3ncccc3F)CC(F)C2)C(=O)OC(C)(C)C)nn1. The molecule has 0 saturated heterocycles. The van der Waals surface area contributed by atoms with Crippen LogP contribution >= 0.6 is 0 Å². The number of aromatic hydroxyl groups is 1. The van der Waals surface area contributed by atoms with Gasteiger partial charge in [-0.25, -0.2) is 31.1 Å². The minimum Gasteiger partial charge on any atom is -0.506 e. The lowest BCUT2D eigenvalue weighted by Gasteiger charge is -2.50.